The zero-order chi connectivity index (χ0) is 11.1. The standard InChI is InChI=1S/C13H16ClN/c1-3-6-13(15-9-4-2)11-7-5-8-12(14)10-11/h3-5,7-8,10,13,15H,1-2,6,9H2. The third kappa shape index (κ3) is 3.90. The van der Waals surface area contributed by atoms with Gasteiger partial charge < -0.3 is 5.32 Å². The van der Waals surface area contributed by atoms with Gasteiger partial charge in [0.05, 0.1) is 0 Å². The van der Waals surface area contributed by atoms with Gasteiger partial charge in [-0.2, -0.15) is 0 Å². The van der Waals surface area contributed by atoms with Crippen LogP contribution < -0.4 is 5.32 Å². The van der Waals surface area contributed by atoms with E-state index < -0.39 is 0 Å². The summed E-state index contributed by atoms with van der Waals surface area (Å²) in [7, 11) is 0. The molecule has 1 unspecified atom stereocenters. The van der Waals surface area contributed by atoms with Gasteiger partial charge in [0.2, 0.25) is 0 Å². The number of benzene rings is 1. The Morgan fingerprint density at radius 2 is 2.13 bits per heavy atom. The van der Waals surface area contributed by atoms with E-state index in [1.807, 2.05) is 30.4 Å². The quantitative estimate of drug-likeness (QED) is 0.722. The molecule has 1 atom stereocenters. The molecular formula is C13H16ClN. The van der Waals surface area contributed by atoms with Crippen LogP contribution in [0.5, 0.6) is 0 Å². The van der Waals surface area contributed by atoms with Gasteiger partial charge >= 0.3 is 0 Å². The van der Waals surface area contributed by atoms with E-state index in [-0.39, 0.29) is 6.04 Å². The lowest BCUT2D eigenvalue weighted by Gasteiger charge is -2.16. The lowest BCUT2D eigenvalue weighted by molar-refractivity contribution is 0.575. The Morgan fingerprint density at radius 1 is 1.33 bits per heavy atom. The molecule has 1 nitrogen and oxygen atoms in total. The lowest BCUT2D eigenvalue weighted by atomic mass is 10.0. The van der Waals surface area contributed by atoms with Gasteiger partial charge in [0.1, 0.15) is 0 Å². The highest BCUT2D eigenvalue weighted by molar-refractivity contribution is 6.30. The summed E-state index contributed by atoms with van der Waals surface area (Å²) in [6.45, 7) is 8.23. The van der Waals surface area contributed by atoms with E-state index in [4.69, 9.17) is 11.6 Å². The Morgan fingerprint density at radius 3 is 2.73 bits per heavy atom. The minimum atomic E-state index is 0.263. The summed E-state index contributed by atoms with van der Waals surface area (Å²) in [6.07, 6.45) is 4.64. The van der Waals surface area contributed by atoms with Crippen molar-refractivity contribution in [3.63, 3.8) is 0 Å². The van der Waals surface area contributed by atoms with Crippen LogP contribution in [0.25, 0.3) is 0 Å². The van der Waals surface area contributed by atoms with E-state index in [1.165, 1.54) is 5.56 Å². The Bertz CT molecular complexity index is 333. The largest absolute Gasteiger partial charge is 0.306 e. The average Bonchev–Trinajstić information content (AvgIpc) is 2.24. The Labute approximate surface area is 96.5 Å². The molecule has 80 valence electrons. The van der Waals surface area contributed by atoms with Crippen molar-refractivity contribution in [1.82, 2.24) is 5.32 Å². The lowest BCUT2D eigenvalue weighted by Crippen LogP contribution is -2.20. The first-order chi connectivity index (χ1) is 7.27. The third-order valence-corrected chi connectivity index (χ3v) is 2.40. The average molecular weight is 222 g/mol. The highest BCUT2D eigenvalue weighted by Gasteiger charge is 2.08. The molecule has 1 aromatic carbocycles. The predicted octanol–water partition coefficient (Wildman–Crippen LogP) is 3.73. The van der Waals surface area contributed by atoms with E-state index in [0.29, 0.717) is 0 Å². The maximum Gasteiger partial charge on any atom is 0.0409 e. The molecule has 0 aliphatic heterocycles. The van der Waals surface area contributed by atoms with Crippen LogP contribution in [0.4, 0.5) is 0 Å². The molecule has 0 saturated heterocycles. The van der Waals surface area contributed by atoms with Crippen LogP contribution >= 0.6 is 11.6 Å². The number of nitrogens with one attached hydrogen (secondary N) is 1. The van der Waals surface area contributed by atoms with Gasteiger partial charge in [0.25, 0.3) is 0 Å². The number of hydrogen-bond donors (Lipinski definition) is 1. The fraction of sp³-hybridized carbons (Fsp3) is 0.231. The van der Waals surface area contributed by atoms with Crippen molar-refractivity contribution in [3.8, 4) is 0 Å². The molecule has 15 heavy (non-hydrogen) atoms. The summed E-state index contributed by atoms with van der Waals surface area (Å²) in [5.41, 5.74) is 1.18. The summed E-state index contributed by atoms with van der Waals surface area (Å²) in [6, 6.07) is 8.15. The van der Waals surface area contributed by atoms with Crippen LogP contribution in [0.1, 0.15) is 18.0 Å². The van der Waals surface area contributed by atoms with Gasteiger partial charge in [-0.3, -0.25) is 0 Å². The van der Waals surface area contributed by atoms with Crippen molar-refractivity contribution in [2.24, 2.45) is 0 Å². The molecule has 0 fully saturated rings. The molecule has 0 amide bonds. The van der Waals surface area contributed by atoms with Crippen molar-refractivity contribution in [3.05, 3.63) is 60.2 Å². The van der Waals surface area contributed by atoms with E-state index in [1.54, 1.807) is 0 Å². The highest BCUT2D eigenvalue weighted by Crippen LogP contribution is 2.20. The molecule has 0 bridgehead atoms. The van der Waals surface area contributed by atoms with E-state index in [0.717, 1.165) is 18.0 Å². The van der Waals surface area contributed by atoms with Crippen molar-refractivity contribution in [1.29, 1.82) is 0 Å². The van der Waals surface area contributed by atoms with Crippen LogP contribution in [-0.4, -0.2) is 6.54 Å². The van der Waals surface area contributed by atoms with Crippen LogP contribution in [0.15, 0.2) is 49.6 Å². The monoisotopic (exact) mass is 221 g/mol. The van der Waals surface area contributed by atoms with Gasteiger partial charge in [-0.05, 0) is 24.1 Å². The molecule has 0 heterocycles. The first kappa shape index (κ1) is 12.0. The van der Waals surface area contributed by atoms with Crippen LogP contribution in [-0.2, 0) is 0 Å². The molecule has 1 aromatic rings. The highest BCUT2D eigenvalue weighted by atomic mass is 35.5. The van der Waals surface area contributed by atoms with Crippen molar-refractivity contribution >= 4 is 11.6 Å². The molecule has 0 aromatic heterocycles. The fourth-order valence-electron chi connectivity index (χ4n) is 1.45. The van der Waals surface area contributed by atoms with Crippen molar-refractivity contribution in [2.75, 3.05) is 6.54 Å². The van der Waals surface area contributed by atoms with Crippen LogP contribution in [0, 0.1) is 0 Å². The zero-order valence-corrected chi connectivity index (χ0v) is 9.50. The molecule has 1 N–H and O–H groups in total. The topological polar surface area (TPSA) is 12.0 Å². The Balaban J connectivity index is 2.77. The second kappa shape index (κ2) is 6.44. The smallest absolute Gasteiger partial charge is 0.0409 e. The summed E-state index contributed by atoms with van der Waals surface area (Å²) < 4.78 is 0. The number of hydrogen-bond acceptors (Lipinski definition) is 1. The molecule has 2 heteroatoms. The first-order valence-electron chi connectivity index (χ1n) is 4.98. The van der Waals surface area contributed by atoms with E-state index in [9.17, 15) is 0 Å². The van der Waals surface area contributed by atoms with Gasteiger partial charge in [0.15, 0.2) is 0 Å². The van der Waals surface area contributed by atoms with Crippen LogP contribution in [0.2, 0.25) is 5.02 Å². The molecule has 0 aliphatic carbocycles. The van der Waals surface area contributed by atoms with Crippen LogP contribution in [0.3, 0.4) is 0 Å². The molecular weight excluding hydrogens is 206 g/mol. The Hall–Kier alpha value is -1.05. The third-order valence-electron chi connectivity index (χ3n) is 2.16. The summed E-state index contributed by atoms with van der Waals surface area (Å²) in [5.74, 6) is 0. The minimum Gasteiger partial charge on any atom is -0.306 e. The van der Waals surface area contributed by atoms with E-state index in [2.05, 4.69) is 24.5 Å². The van der Waals surface area contributed by atoms with Crippen molar-refractivity contribution in [2.45, 2.75) is 12.5 Å². The number of rotatable bonds is 6. The van der Waals surface area contributed by atoms with E-state index >= 15 is 0 Å². The summed E-state index contributed by atoms with van der Waals surface area (Å²) >= 11 is 5.95. The predicted molar refractivity (Wildman–Crippen MR) is 67.2 cm³/mol. The molecule has 0 saturated carbocycles. The van der Waals surface area contributed by atoms with Gasteiger partial charge in [-0.1, -0.05) is 35.9 Å². The summed E-state index contributed by atoms with van der Waals surface area (Å²) in [4.78, 5) is 0. The maximum atomic E-state index is 5.95. The fourth-order valence-corrected chi connectivity index (χ4v) is 1.65. The molecule has 0 aliphatic rings. The maximum absolute atomic E-state index is 5.95. The minimum absolute atomic E-state index is 0.263. The first-order valence-corrected chi connectivity index (χ1v) is 5.36. The second-order valence-corrected chi connectivity index (χ2v) is 3.77. The number of halogens is 1. The Kier molecular flexibility index (Phi) is 5.16. The zero-order valence-electron chi connectivity index (χ0n) is 8.75. The van der Waals surface area contributed by atoms with Gasteiger partial charge in [0, 0.05) is 17.6 Å². The second-order valence-electron chi connectivity index (χ2n) is 3.33. The van der Waals surface area contributed by atoms with Gasteiger partial charge in [-0.15, -0.1) is 13.2 Å². The normalized spacial score (nSPS) is 12.1. The molecule has 0 radical (unpaired) electrons. The summed E-state index contributed by atoms with van der Waals surface area (Å²) in [5, 5.41) is 4.13. The van der Waals surface area contributed by atoms with Crippen molar-refractivity contribution < 1.29 is 0 Å². The SMILES string of the molecule is C=CCNC(CC=C)c1cccc(Cl)c1. The van der Waals surface area contributed by atoms with Gasteiger partial charge in [-0.25, -0.2) is 0 Å². The molecule has 1 rings (SSSR count). The molecule has 0 spiro atoms.